The van der Waals surface area contributed by atoms with Crippen molar-refractivity contribution >= 4 is 42.4 Å². The van der Waals surface area contributed by atoms with Crippen LogP contribution in [-0.2, 0) is 22.7 Å². The van der Waals surface area contributed by atoms with Crippen LogP contribution >= 0.6 is 11.3 Å². The number of halogens is 5. The third-order valence-corrected chi connectivity index (χ3v) is 8.57. The predicted molar refractivity (Wildman–Crippen MR) is 125 cm³/mol. The maximum absolute atomic E-state index is 13.8. The summed E-state index contributed by atoms with van der Waals surface area (Å²) < 4.78 is 96.2. The van der Waals surface area contributed by atoms with E-state index in [1.54, 1.807) is 6.92 Å². The molecule has 1 aromatic heterocycles. The Morgan fingerprint density at radius 2 is 1.75 bits per heavy atom. The van der Waals surface area contributed by atoms with Crippen LogP contribution in [0.1, 0.15) is 27.0 Å². The zero-order valence-corrected chi connectivity index (χ0v) is 19.9. The molecule has 0 unspecified atom stereocenters. The summed E-state index contributed by atoms with van der Waals surface area (Å²) in [6, 6.07) is 10.5. The zero-order chi connectivity index (χ0) is 26.4. The van der Waals surface area contributed by atoms with Gasteiger partial charge in [0.15, 0.2) is 0 Å². The molecular formula is C24H16F5NO4S2. The van der Waals surface area contributed by atoms with Crippen molar-refractivity contribution in [2.24, 2.45) is 0 Å². The van der Waals surface area contributed by atoms with E-state index in [0.717, 1.165) is 33.8 Å². The van der Waals surface area contributed by atoms with Crippen LogP contribution in [0.4, 0.5) is 27.0 Å². The summed E-state index contributed by atoms with van der Waals surface area (Å²) in [5.74, 6) is -3.45. The Balaban J connectivity index is 1.92. The number of benzene rings is 3. The first-order valence-corrected chi connectivity index (χ1v) is 12.4. The Morgan fingerprint density at radius 1 is 1.03 bits per heavy atom. The van der Waals surface area contributed by atoms with Crippen molar-refractivity contribution in [2.75, 3.05) is 4.31 Å². The van der Waals surface area contributed by atoms with Crippen molar-refractivity contribution < 1.29 is 40.3 Å². The molecule has 0 fully saturated rings. The first-order valence-electron chi connectivity index (χ1n) is 10.2. The zero-order valence-electron chi connectivity index (χ0n) is 18.3. The summed E-state index contributed by atoms with van der Waals surface area (Å²) in [4.78, 5) is 11.0. The summed E-state index contributed by atoms with van der Waals surface area (Å²) in [6.45, 7) is 0.952. The molecule has 12 heteroatoms. The van der Waals surface area contributed by atoms with E-state index in [2.05, 4.69) is 0 Å². The van der Waals surface area contributed by atoms with Gasteiger partial charge in [-0.05, 0) is 65.9 Å². The number of aryl methyl sites for hydroxylation is 1. The van der Waals surface area contributed by atoms with Crippen LogP contribution in [0.25, 0.3) is 10.1 Å². The Labute approximate surface area is 206 Å². The summed E-state index contributed by atoms with van der Waals surface area (Å²) in [7, 11) is -4.54. The van der Waals surface area contributed by atoms with Gasteiger partial charge in [-0.15, -0.1) is 11.3 Å². The highest BCUT2D eigenvalue weighted by atomic mass is 32.2. The van der Waals surface area contributed by atoms with Crippen LogP contribution in [0.3, 0.4) is 0 Å². The molecule has 0 radical (unpaired) electrons. The first kappa shape index (κ1) is 25.6. The van der Waals surface area contributed by atoms with Gasteiger partial charge in [0, 0.05) is 4.70 Å². The Kier molecular flexibility index (Phi) is 6.52. The predicted octanol–water partition coefficient (Wildman–Crippen LogP) is 6.60. The van der Waals surface area contributed by atoms with Crippen LogP contribution in [0.5, 0.6) is 0 Å². The fourth-order valence-corrected chi connectivity index (χ4v) is 6.66. The van der Waals surface area contributed by atoms with E-state index < -0.39 is 50.8 Å². The monoisotopic (exact) mass is 541 g/mol. The van der Waals surface area contributed by atoms with Gasteiger partial charge < -0.3 is 5.11 Å². The highest BCUT2D eigenvalue weighted by Crippen LogP contribution is 2.41. The molecule has 0 amide bonds. The Bertz CT molecular complexity index is 1600. The minimum absolute atomic E-state index is 0.0919. The summed E-state index contributed by atoms with van der Waals surface area (Å²) in [6.07, 6.45) is -5.01. The second-order valence-electron chi connectivity index (χ2n) is 7.83. The molecule has 36 heavy (non-hydrogen) atoms. The number of carboxylic acid groups (broad SMARTS) is 1. The molecular weight excluding hydrogens is 525 g/mol. The minimum Gasteiger partial charge on any atom is -0.478 e. The third-order valence-electron chi connectivity index (χ3n) is 5.43. The van der Waals surface area contributed by atoms with Crippen LogP contribution in [-0.4, -0.2) is 19.5 Å². The van der Waals surface area contributed by atoms with Crippen molar-refractivity contribution in [3.8, 4) is 0 Å². The highest BCUT2D eigenvalue weighted by Gasteiger charge is 2.35. The van der Waals surface area contributed by atoms with Gasteiger partial charge in [0.25, 0.3) is 10.0 Å². The van der Waals surface area contributed by atoms with E-state index in [4.69, 9.17) is 0 Å². The molecule has 0 saturated carbocycles. The lowest BCUT2D eigenvalue weighted by molar-refractivity contribution is -0.140. The molecule has 0 aliphatic heterocycles. The number of aromatic carboxylic acids is 1. The van der Waals surface area contributed by atoms with Crippen LogP contribution in [0.2, 0.25) is 0 Å². The van der Waals surface area contributed by atoms with E-state index in [1.807, 2.05) is 0 Å². The third kappa shape index (κ3) is 4.78. The molecule has 0 aliphatic carbocycles. The molecule has 0 atom stereocenters. The molecule has 5 nitrogen and oxygen atoms in total. The van der Waals surface area contributed by atoms with Crippen LogP contribution in [0.15, 0.2) is 65.6 Å². The van der Waals surface area contributed by atoms with E-state index in [-0.39, 0.29) is 16.1 Å². The average Bonchev–Trinajstić information content (AvgIpc) is 3.12. The number of hydrogen-bond acceptors (Lipinski definition) is 4. The number of hydrogen-bond donors (Lipinski definition) is 1. The van der Waals surface area contributed by atoms with Gasteiger partial charge in [0.05, 0.1) is 22.6 Å². The van der Waals surface area contributed by atoms with Crippen molar-refractivity contribution in [3.05, 3.63) is 94.6 Å². The summed E-state index contributed by atoms with van der Waals surface area (Å²) >= 11 is 0.904. The van der Waals surface area contributed by atoms with Gasteiger partial charge in [-0.3, -0.25) is 4.31 Å². The number of nitrogens with zero attached hydrogens (tertiary/aromatic N) is 1. The van der Waals surface area contributed by atoms with Gasteiger partial charge in [-0.1, -0.05) is 18.2 Å². The smallest absolute Gasteiger partial charge is 0.419 e. The minimum atomic E-state index is -5.01. The number of rotatable bonds is 6. The van der Waals surface area contributed by atoms with Crippen molar-refractivity contribution in [3.63, 3.8) is 0 Å². The molecule has 3 aromatic carbocycles. The van der Waals surface area contributed by atoms with Crippen molar-refractivity contribution in [1.29, 1.82) is 0 Å². The quantitative estimate of drug-likeness (QED) is 0.279. The topological polar surface area (TPSA) is 74.7 Å². The molecule has 188 valence electrons. The van der Waals surface area contributed by atoms with Crippen LogP contribution in [0, 0.1) is 18.6 Å². The van der Waals surface area contributed by atoms with E-state index in [1.165, 1.54) is 30.3 Å². The average molecular weight is 542 g/mol. The maximum Gasteiger partial charge on any atom is 0.419 e. The lowest BCUT2D eigenvalue weighted by atomic mass is 10.1. The Hall–Kier alpha value is -3.51. The standard InChI is InChI=1S/C24H16F5NO4S2/c1-13-18-7-6-16(25)11-21(18)35-22(13)30(12-14-5-8-20(26)19(9-14)24(27,28)29)36(33,34)17-4-2-3-15(10-17)23(31)32/h2-11H,12H2,1H3,(H,31,32). The number of fused-ring (bicyclic) bond motifs is 1. The highest BCUT2D eigenvalue weighted by molar-refractivity contribution is 7.93. The Morgan fingerprint density at radius 3 is 2.42 bits per heavy atom. The fraction of sp³-hybridized carbons (Fsp3) is 0.125. The first-order chi connectivity index (χ1) is 16.8. The van der Waals surface area contributed by atoms with E-state index >= 15 is 0 Å². The molecule has 0 saturated heterocycles. The number of sulfonamides is 1. The normalized spacial score (nSPS) is 12.2. The number of alkyl halides is 3. The number of thiophene rings is 1. The van der Waals surface area contributed by atoms with Gasteiger partial charge in [-0.25, -0.2) is 22.0 Å². The SMILES string of the molecule is Cc1c(N(Cc2ccc(F)c(C(F)(F)F)c2)S(=O)(=O)c2cccc(C(=O)O)c2)sc2cc(F)ccc12. The van der Waals surface area contributed by atoms with Crippen molar-refractivity contribution in [1.82, 2.24) is 0 Å². The van der Waals surface area contributed by atoms with Gasteiger partial charge >= 0.3 is 12.1 Å². The van der Waals surface area contributed by atoms with E-state index in [0.29, 0.717) is 27.8 Å². The van der Waals surface area contributed by atoms with Crippen LogP contribution < -0.4 is 4.31 Å². The van der Waals surface area contributed by atoms with Crippen molar-refractivity contribution in [2.45, 2.75) is 24.5 Å². The second-order valence-corrected chi connectivity index (χ2v) is 10.7. The molecule has 4 aromatic rings. The lowest BCUT2D eigenvalue weighted by Gasteiger charge is -2.25. The summed E-state index contributed by atoms with van der Waals surface area (Å²) in [5, 5.41) is 9.91. The molecule has 0 bridgehead atoms. The summed E-state index contributed by atoms with van der Waals surface area (Å²) in [5.41, 5.74) is -1.61. The lowest BCUT2D eigenvalue weighted by Crippen LogP contribution is -2.30. The number of anilines is 1. The van der Waals surface area contributed by atoms with Gasteiger partial charge in [0.1, 0.15) is 16.6 Å². The van der Waals surface area contributed by atoms with Gasteiger partial charge in [-0.2, -0.15) is 13.2 Å². The largest absolute Gasteiger partial charge is 0.478 e. The number of carboxylic acids is 1. The fourth-order valence-electron chi connectivity index (χ4n) is 3.66. The molecule has 1 N–H and O–H groups in total. The number of carbonyl (C=O) groups is 1. The molecule has 1 heterocycles. The molecule has 0 aliphatic rings. The van der Waals surface area contributed by atoms with E-state index in [9.17, 15) is 40.3 Å². The molecule has 4 rings (SSSR count). The second kappa shape index (κ2) is 9.17. The molecule has 0 spiro atoms. The van der Waals surface area contributed by atoms with Gasteiger partial charge in [0.2, 0.25) is 0 Å². The maximum atomic E-state index is 13.8.